The van der Waals surface area contributed by atoms with Gasteiger partial charge in [-0.05, 0) is 24.3 Å². The Morgan fingerprint density at radius 1 is 1.17 bits per heavy atom. The summed E-state index contributed by atoms with van der Waals surface area (Å²) in [4.78, 5) is 12.1. The van der Waals surface area contributed by atoms with E-state index in [0.717, 1.165) is 5.56 Å². The summed E-state index contributed by atoms with van der Waals surface area (Å²) in [6, 6.07) is 12.7. The van der Waals surface area contributed by atoms with Gasteiger partial charge in [-0.25, -0.2) is 0 Å². The molecule has 0 spiro atoms. The van der Waals surface area contributed by atoms with E-state index in [1.165, 1.54) is 20.3 Å². The first-order chi connectivity index (χ1) is 11.2. The van der Waals surface area contributed by atoms with E-state index >= 15 is 0 Å². The molecule has 0 heterocycles. The first-order valence-electron chi connectivity index (χ1n) is 6.89. The Bertz CT molecular complexity index is 748. The second-order valence-corrected chi connectivity index (χ2v) is 4.95. The minimum Gasteiger partial charge on any atom is -0.493 e. The van der Waals surface area contributed by atoms with Crippen LogP contribution in [-0.2, 0) is 0 Å². The quantitative estimate of drug-likeness (QED) is 0.877. The van der Waals surface area contributed by atoms with E-state index in [1.54, 1.807) is 6.07 Å². The third-order valence-electron chi connectivity index (χ3n) is 3.04. The molecule has 2 aromatic carbocycles. The number of rotatable bonds is 4. The fraction of sp³-hybridized carbons (Fsp3) is 0.167. The molecule has 5 heteroatoms. The summed E-state index contributed by atoms with van der Waals surface area (Å²) >= 11 is 6.09. The predicted octanol–water partition coefficient (Wildman–Crippen LogP) is 3.14. The third-order valence-corrected chi connectivity index (χ3v) is 3.32. The number of ether oxygens (including phenoxy) is 2. The Morgan fingerprint density at radius 2 is 1.91 bits per heavy atom. The largest absolute Gasteiger partial charge is 0.493 e. The van der Waals surface area contributed by atoms with Crippen LogP contribution in [-0.4, -0.2) is 26.7 Å². The predicted molar refractivity (Wildman–Crippen MR) is 90.2 cm³/mol. The van der Waals surface area contributed by atoms with E-state index < -0.39 is 0 Å². The van der Waals surface area contributed by atoms with Crippen LogP contribution in [0.3, 0.4) is 0 Å². The van der Waals surface area contributed by atoms with Crippen molar-refractivity contribution >= 4 is 17.5 Å². The molecule has 4 nitrogen and oxygen atoms in total. The van der Waals surface area contributed by atoms with Crippen LogP contribution in [0.25, 0.3) is 0 Å². The van der Waals surface area contributed by atoms with Crippen molar-refractivity contribution in [2.45, 2.75) is 0 Å². The van der Waals surface area contributed by atoms with Gasteiger partial charge in [-0.1, -0.05) is 41.6 Å². The molecule has 0 radical (unpaired) electrons. The van der Waals surface area contributed by atoms with Crippen molar-refractivity contribution in [2.75, 3.05) is 20.8 Å². The van der Waals surface area contributed by atoms with E-state index in [-0.39, 0.29) is 12.5 Å². The average molecular weight is 330 g/mol. The molecule has 0 saturated carbocycles. The second kappa shape index (κ2) is 8.11. The van der Waals surface area contributed by atoms with Crippen molar-refractivity contribution in [3.05, 3.63) is 58.6 Å². The van der Waals surface area contributed by atoms with Gasteiger partial charge in [-0.2, -0.15) is 0 Å². The summed E-state index contributed by atoms with van der Waals surface area (Å²) in [5.41, 5.74) is 1.28. The van der Waals surface area contributed by atoms with Crippen molar-refractivity contribution in [1.82, 2.24) is 5.32 Å². The highest BCUT2D eigenvalue weighted by molar-refractivity contribution is 6.32. The van der Waals surface area contributed by atoms with Gasteiger partial charge in [0, 0.05) is 11.1 Å². The number of carbonyl (C=O) groups excluding carboxylic acids is 1. The van der Waals surface area contributed by atoms with Crippen molar-refractivity contribution in [3.63, 3.8) is 0 Å². The summed E-state index contributed by atoms with van der Waals surface area (Å²) in [7, 11) is 2.98. The minimum absolute atomic E-state index is 0.236. The molecule has 1 N–H and O–H groups in total. The van der Waals surface area contributed by atoms with Gasteiger partial charge >= 0.3 is 0 Å². The molecule has 0 bridgehead atoms. The maximum Gasteiger partial charge on any atom is 0.252 e. The summed E-state index contributed by atoms with van der Waals surface area (Å²) in [6.07, 6.45) is 0. The highest BCUT2D eigenvalue weighted by atomic mass is 35.5. The van der Waals surface area contributed by atoms with E-state index in [1.807, 2.05) is 30.3 Å². The van der Waals surface area contributed by atoms with Crippen LogP contribution in [0.15, 0.2) is 42.5 Å². The molecule has 0 atom stereocenters. The Kier molecular flexibility index (Phi) is 5.90. The smallest absolute Gasteiger partial charge is 0.252 e. The molecule has 118 valence electrons. The van der Waals surface area contributed by atoms with Gasteiger partial charge in [0.25, 0.3) is 5.91 Å². The zero-order chi connectivity index (χ0) is 16.7. The second-order valence-electron chi connectivity index (χ2n) is 4.54. The monoisotopic (exact) mass is 329 g/mol. The van der Waals surface area contributed by atoms with Crippen molar-refractivity contribution in [3.8, 4) is 23.3 Å². The standard InChI is InChI=1S/C18H16ClNO3/c1-22-16-12-14(11-15(19)17(16)23-2)18(21)20-10-6-9-13-7-4-3-5-8-13/h3-5,7-8,11-12H,10H2,1-2H3,(H,20,21). The Hall–Kier alpha value is -2.64. The Labute approximate surface area is 140 Å². The number of methoxy groups -OCH3 is 2. The molecular formula is C18H16ClNO3. The third kappa shape index (κ3) is 4.41. The molecule has 0 fully saturated rings. The molecule has 1 amide bonds. The van der Waals surface area contributed by atoms with E-state index in [0.29, 0.717) is 22.1 Å². The van der Waals surface area contributed by atoms with Gasteiger partial charge < -0.3 is 14.8 Å². The van der Waals surface area contributed by atoms with Crippen molar-refractivity contribution < 1.29 is 14.3 Å². The highest BCUT2D eigenvalue weighted by Gasteiger charge is 2.14. The lowest BCUT2D eigenvalue weighted by molar-refractivity contribution is 0.0958. The molecule has 2 aromatic rings. The molecule has 0 saturated heterocycles. The highest BCUT2D eigenvalue weighted by Crippen LogP contribution is 2.35. The average Bonchev–Trinajstić information content (AvgIpc) is 2.58. The zero-order valence-corrected chi connectivity index (χ0v) is 13.6. The normalized spacial score (nSPS) is 9.52. The number of benzene rings is 2. The molecular weight excluding hydrogens is 314 g/mol. The van der Waals surface area contributed by atoms with E-state index in [2.05, 4.69) is 17.2 Å². The van der Waals surface area contributed by atoms with Crippen molar-refractivity contribution in [2.24, 2.45) is 0 Å². The number of carbonyl (C=O) groups is 1. The molecule has 0 unspecified atom stereocenters. The van der Waals surface area contributed by atoms with Gasteiger partial charge in [-0.3, -0.25) is 4.79 Å². The topological polar surface area (TPSA) is 47.6 Å². The molecule has 0 aliphatic rings. The molecule has 2 rings (SSSR count). The van der Waals surface area contributed by atoms with Crippen LogP contribution in [0, 0.1) is 11.8 Å². The summed E-state index contributed by atoms with van der Waals surface area (Å²) < 4.78 is 10.3. The van der Waals surface area contributed by atoms with Crippen LogP contribution >= 0.6 is 11.6 Å². The Balaban J connectivity index is 2.04. The Morgan fingerprint density at radius 3 is 2.57 bits per heavy atom. The zero-order valence-electron chi connectivity index (χ0n) is 12.9. The minimum atomic E-state index is -0.282. The van der Waals surface area contributed by atoms with Crippen LogP contribution in [0.2, 0.25) is 5.02 Å². The summed E-state index contributed by atoms with van der Waals surface area (Å²) in [5.74, 6) is 6.38. The maximum absolute atomic E-state index is 12.1. The molecule has 0 aromatic heterocycles. The lowest BCUT2D eigenvalue weighted by Gasteiger charge is -2.11. The van der Waals surface area contributed by atoms with Crippen LogP contribution in [0.1, 0.15) is 15.9 Å². The van der Waals surface area contributed by atoms with E-state index in [9.17, 15) is 4.79 Å². The molecule has 0 aliphatic carbocycles. The van der Waals surface area contributed by atoms with Crippen molar-refractivity contribution in [1.29, 1.82) is 0 Å². The van der Waals surface area contributed by atoms with Crippen LogP contribution in [0.5, 0.6) is 11.5 Å². The first-order valence-corrected chi connectivity index (χ1v) is 7.27. The fourth-order valence-electron chi connectivity index (χ4n) is 1.94. The summed E-state index contributed by atoms with van der Waals surface area (Å²) in [5, 5.41) is 3.03. The van der Waals surface area contributed by atoms with Crippen LogP contribution < -0.4 is 14.8 Å². The van der Waals surface area contributed by atoms with Gasteiger partial charge in [0.15, 0.2) is 11.5 Å². The number of hydrogen-bond donors (Lipinski definition) is 1. The first kappa shape index (κ1) is 16.7. The maximum atomic E-state index is 12.1. The SMILES string of the molecule is COc1cc(C(=O)NCC#Cc2ccccc2)cc(Cl)c1OC. The van der Waals surface area contributed by atoms with Gasteiger partial charge in [0.2, 0.25) is 0 Å². The number of hydrogen-bond acceptors (Lipinski definition) is 3. The number of nitrogens with one attached hydrogen (secondary N) is 1. The molecule has 0 aliphatic heterocycles. The summed E-state index contributed by atoms with van der Waals surface area (Å²) in [6.45, 7) is 0.236. The number of halogens is 1. The van der Waals surface area contributed by atoms with Crippen LogP contribution in [0.4, 0.5) is 0 Å². The van der Waals surface area contributed by atoms with E-state index in [4.69, 9.17) is 21.1 Å². The van der Waals surface area contributed by atoms with Gasteiger partial charge in [0.05, 0.1) is 25.8 Å². The van der Waals surface area contributed by atoms with Gasteiger partial charge in [0.1, 0.15) is 0 Å². The lowest BCUT2D eigenvalue weighted by atomic mass is 10.2. The fourth-order valence-corrected chi connectivity index (χ4v) is 2.23. The lowest BCUT2D eigenvalue weighted by Crippen LogP contribution is -2.23. The number of amides is 1. The van der Waals surface area contributed by atoms with Gasteiger partial charge in [-0.15, -0.1) is 0 Å². The molecule has 23 heavy (non-hydrogen) atoms.